The Kier molecular flexibility index (Phi) is 5.24. The second-order valence-electron chi connectivity index (χ2n) is 6.74. The second kappa shape index (κ2) is 8.14. The first-order valence-electron chi connectivity index (χ1n) is 9.30. The van der Waals surface area contributed by atoms with E-state index in [4.69, 9.17) is 13.9 Å². The van der Waals surface area contributed by atoms with Gasteiger partial charge in [-0.25, -0.2) is 4.79 Å². The van der Waals surface area contributed by atoms with E-state index in [1.165, 1.54) is 0 Å². The van der Waals surface area contributed by atoms with Crippen molar-refractivity contribution in [3.8, 4) is 17.2 Å². The zero-order valence-electron chi connectivity index (χ0n) is 16.2. The van der Waals surface area contributed by atoms with Gasteiger partial charge in [0.05, 0.1) is 0 Å². The van der Waals surface area contributed by atoms with E-state index in [0.717, 1.165) is 21.9 Å². The third-order valence-electron chi connectivity index (χ3n) is 4.47. The van der Waals surface area contributed by atoms with Gasteiger partial charge in [-0.15, -0.1) is 10.2 Å². The molecule has 0 saturated heterocycles. The van der Waals surface area contributed by atoms with Crippen LogP contribution in [0.2, 0.25) is 0 Å². The molecule has 4 aromatic rings. The number of esters is 1. The van der Waals surface area contributed by atoms with E-state index in [2.05, 4.69) is 10.2 Å². The minimum absolute atomic E-state index is 0.207. The molecular formula is C23H20N2O4. The van der Waals surface area contributed by atoms with Gasteiger partial charge in [0.2, 0.25) is 5.89 Å². The van der Waals surface area contributed by atoms with Crippen molar-refractivity contribution >= 4 is 16.7 Å². The van der Waals surface area contributed by atoms with E-state index in [9.17, 15) is 4.79 Å². The average Bonchev–Trinajstić information content (AvgIpc) is 3.23. The minimum Gasteiger partial charge on any atom is -0.482 e. The molecule has 0 aliphatic rings. The van der Waals surface area contributed by atoms with Crippen molar-refractivity contribution in [2.24, 2.45) is 0 Å². The highest BCUT2D eigenvalue weighted by molar-refractivity contribution is 5.83. The summed E-state index contributed by atoms with van der Waals surface area (Å²) in [5.41, 5.74) is 1.95. The van der Waals surface area contributed by atoms with Crippen molar-refractivity contribution in [2.75, 3.05) is 6.61 Å². The molecule has 0 amide bonds. The number of carbonyl (C=O) groups is 1. The van der Waals surface area contributed by atoms with Crippen LogP contribution in [0.5, 0.6) is 5.75 Å². The SMILES string of the molecule is Cc1ccc(-c2nnc([C@@H](C)OC(=O)COc3ccc4ccccc4c3)o2)cc1. The monoisotopic (exact) mass is 388 g/mol. The normalized spacial score (nSPS) is 11.9. The molecule has 6 nitrogen and oxygen atoms in total. The number of hydrogen-bond donors (Lipinski definition) is 0. The summed E-state index contributed by atoms with van der Waals surface area (Å²) in [5.74, 6) is 0.712. The highest BCUT2D eigenvalue weighted by Crippen LogP contribution is 2.23. The highest BCUT2D eigenvalue weighted by Gasteiger charge is 2.19. The van der Waals surface area contributed by atoms with Gasteiger partial charge in [-0.1, -0.05) is 48.0 Å². The zero-order valence-corrected chi connectivity index (χ0v) is 16.2. The summed E-state index contributed by atoms with van der Waals surface area (Å²) in [5, 5.41) is 10.2. The summed E-state index contributed by atoms with van der Waals surface area (Å²) in [6.45, 7) is 3.48. The van der Waals surface area contributed by atoms with Crippen LogP contribution in [0.15, 0.2) is 71.1 Å². The van der Waals surface area contributed by atoms with Crippen LogP contribution >= 0.6 is 0 Å². The lowest BCUT2D eigenvalue weighted by atomic mass is 10.1. The number of hydrogen-bond acceptors (Lipinski definition) is 6. The zero-order chi connectivity index (χ0) is 20.2. The van der Waals surface area contributed by atoms with Gasteiger partial charge in [-0.3, -0.25) is 0 Å². The standard InChI is InChI=1S/C23H20N2O4/c1-15-7-9-18(10-8-15)23-25-24-22(29-23)16(2)28-21(26)14-27-20-12-11-17-5-3-4-6-19(17)13-20/h3-13,16H,14H2,1-2H3/t16-/m1/s1. The number of benzene rings is 3. The fourth-order valence-electron chi connectivity index (χ4n) is 2.89. The lowest BCUT2D eigenvalue weighted by Crippen LogP contribution is -2.17. The fraction of sp³-hybridized carbons (Fsp3) is 0.174. The Morgan fingerprint density at radius 1 is 1.00 bits per heavy atom. The molecule has 1 aromatic heterocycles. The van der Waals surface area contributed by atoms with Crippen LogP contribution in [0.1, 0.15) is 24.5 Å². The quantitative estimate of drug-likeness (QED) is 0.438. The van der Waals surface area contributed by atoms with Crippen molar-refractivity contribution in [3.05, 3.63) is 78.2 Å². The van der Waals surface area contributed by atoms with Crippen molar-refractivity contribution in [2.45, 2.75) is 20.0 Å². The number of aryl methyl sites for hydroxylation is 1. The number of rotatable bonds is 6. The molecule has 146 valence electrons. The first-order chi connectivity index (χ1) is 14.1. The molecule has 0 radical (unpaired) electrons. The molecule has 1 heterocycles. The van der Waals surface area contributed by atoms with Gasteiger partial charge >= 0.3 is 5.97 Å². The van der Waals surface area contributed by atoms with Crippen LogP contribution in [-0.2, 0) is 9.53 Å². The Labute approximate surface area is 168 Å². The number of aromatic nitrogens is 2. The highest BCUT2D eigenvalue weighted by atomic mass is 16.6. The number of fused-ring (bicyclic) bond motifs is 1. The lowest BCUT2D eigenvalue weighted by molar-refractivity contribution is -0.152. The largest absolute Gasteiger partial charge is 0.482 e. The van der Waals surface area contributed by atoms with Crippen molar-refractivity contribution in [1.82, 2.24) is 10.2 Å². The topological polar surface area (TPSA) is 74.5 Å². The van der Waals surface area contributed by atoms with Gasteiger partial charge in [0.15, 0.2) is 12.7 Å². The van der Waals surface area contributed by atoms with E-state index >= 15 is 0 Å². The van der Waals surface area contributed by atoms with E-state index < -0.39 is 12.1 Å². The Morgan fingerprint density at radius 3 is 2.55 bits per heavy atom. The first-order valence-corrected chi connectivity index (χ1v) is 9.30. The second-order valence-corrected chi connectivity index (χ2v) is 6.74. The maximum absolute atomic E-state index is 12.1. The number of carbonyl (C=O) groups excluding carboxylic acids is 1. The number of ether oxygens (including phenoxy) is 2. The van der Waals surface area contributed by atoms with E-state index in [1.807, 2.05) is 73.7 Å². The summed E-state index contributed by atoms with van der Waals surface area (Å²) in [7, 11) is 0. The van der Waals surface area contributed by atoms with Gasteiger partial charge in [0.25, 0.3) is 5.89 Å². The van der Waals surface area contributed by atoms with Crippen molar-refractivity contribution in [1.29, 1.82) is 0 Å². The van der Waals surface area contributed by atoms with E-state index in [1.54, 1.807) is 6.92 Å². The Morgan fingerprint density at radius 2 is 1.76 bits per heavy atom. The predicted octanol–water partition coefficient (Wildman–Crippen LogP) is 4.88. The van der Waals surface area contributed by atoms with Crippen molar-refractivity contribution in [3.63, 3.8) is 0 Å². The maximum Gasteiger partial charge on any atom is 0.344 e. The Hall–Kier alpha value is -3.67. The Balaban J connectivity index is 1.35. The molecule has 4 rings (SSSR count). The molecule has 1 atom stereocenters. The first kappa shape index (κ1) is 18.7. The molecule has 0 spiro atoms. The molecule has 29 heavy (non-hydrogen) atoms. The maximum atomic E-state index is 12.1. The average molecular weight is 388 g/mol. The van der Waals surface area contributed by atoms with Crippen LogP contribution in [0.3, 0.4) is 0 Å². The van der Waals surface area contributed by atoms with Crippen LogP contribution in [-0.4, -0.2) is 22.8 Å². The molecule has 0 aliphatic carbocycles. The molecular weight excluding hydrogens is 368 g/mol. The van der Waals surface area contributed by atoms with Gasteiger partial charge in [0, 0.05) is 5.56 Å². The predicted molar refractivity (Wildman–Crippen MR) is 108 cm³/mol. The summed E-state index contributed by atoms with van der Waals surface area (Å²) in [4.78, 5) is 12.1. The third-order valence-corrected chi connectivity index (χ3v) is 4.47. The molecule has 3 aromatic carbocycles. The van der Waals surface area contributed by atoms with Gasteiger partial charge < -0.3 is 13.9 Å². The van der Waals surface area contributed by atoms with Crippen LogP contribution in [0, 0.1) is 6.92 Å². The van der Waals surface area contributed by atoms with E-state index in [0.29, 0.717) is 11.6 Å². The summed E-state index contributed by atoms with van der Waals surface area (Å²) in [6.07, 6.45) is -0.672. The Bertz CT molecular complexity index is 1140. The smallest absolute Gasteiger partial charge is 0.344 e. The van der Waals surface area contributed by atoms with Gasteiger partial charge in [-0.05, 0) is 48.9 Å². The molecule has 6 heteroatoms. The molecule has 0 fully saturated rings. The summed E-state index contributed by atoms with van der Waals surface area (Å²) < 4.78 is 16.6. The molecule has 0 unspecified atom stereocenters. The van der Waals surface area contributed by atoms with Crippen LogP contribution < -0.4 is 4.74 Å². The fourth-order valence-corrected chi connectivity index (χ4v) is 2.89. The lowest BCUT2D eigenvalue weighted by Gasteiger charge is -2.11. The molecule has 0 saturated carbocycles. The minimum atomic E-state index is -0.672. The summed E-state index contributed by atoms with van der Waals surface area (Å²) in [6, 6.07) is 21.3. The number of nitrogens with zero attached hydrogens (tertiary/aromatic N) is 2. The van der Waals surface area contributed by atoms with Gasteiger partial charge in [-0.2, -0.15) is 0 Å². The molecule has 0 bridgehead atoms. The van der Waals surface area contributed by atoms with Crippen molar-refractivity contribution < 1.29 is 18.7 Å². The molecule has 0 aliphatic heterocycles. The summed E-state index contributed by atoms with van der Waals surface area (Å²) >= 11 is 0. The van der Waals surface area contributed by atoms with Gasteiger partial charge in [0.1, 0.15) is 5.75 Å². The third kappa shape index (κ3) is 4.43. The van der Waals surface area contributed by atoms with E-state index in [-0.39, 0.29) is 12.5 Å². The molecule has 0 N–H and O–H groups in total. The van der Waals surface area contributed by atoms with Crippen LogP contribution in [0.25, 0.3) is 22.2 Å². The van der Waals surface area contributed by atoms with Crippen LogP contribution in [0.4, 0.5) is 0 Å².